The number of anilines is 3. The van der Waals surface area contributed by atoms with Crippen molar-refractivity contribution in [3.8, 4) is 0 Å². The molecule has 0 spiro atoms. The minimum atomic E-state index is -3.27. The molecule has 0 fully saturated rings. The molecule has 5 nitrogen and oxygen atoms in total. The lowest BCUT2D eigenvalue weighted by Gasteiger charge is -2.43. The molecule has 7 heteroatoms. The minimum absolute atomic E-state index is 0.396. The number of hydrogen-bond donors (Lipinski definition) is 3. The maximum absolute atomic E-state index is 13.7. The van der Waals surface area contributed by atoms with E-state index in [-0.39, 0.29) is 0 Å². The smallest absolute Gasteiger partial charge is 0.125 e. The molecule has 0 aromatic heterocycles. The van der Waals surface area contributed by atoms with Crippen molar-refractivity contribution in [2.24, 2.45) is 0 Å². The van der Waals surface area contributed by atoms with Gasteiger partial charge in [-0.1, -0.05) is 18.2 Å². The van der Waals surface area contributed by atoms with E-state index < -0.39 is 16.8 Å². The van der Waals surface area contributed by atoms with Gasteiger partial charge in [0, 0.05) is 12.6 Å². The van der Waals surface area contributed by atoms with Gasteiger partial charge in [-0.25, -0.2) is 8.70 Å². The van der Waals surface area contributed by atoms with Crippen LogP contribution in [0.25, 0.3) is 0 Å². The molecular weight excluding hydrogens is 317 g/mol. The van der Waals surface area contributed by atoms with Gasteiger partial charge in [0.2, 0.25) is 0 Å². The Bertz CT molecular complexity index is 684. The first-order chi connectivity index (χ1) is 11.1. The largest absolute Gasteiger partial charge is 0.320 e. The first kappa shape index (κ1) is 16.1. The number of para-hydroxylation sites is 1. The predicted octanol–water partition coefficient (Wildman–Crippen LogP) is 3.97. The fourth-order valence-corrected chi connectivity index (χ4v) is 4.52. The monoisotopic (exact) mass is 337 g/mol. The standard InChI is InChI=1S/C16H20FN3O2S/c1-18-10-5-11-19-16-12-13(17)8-9-15(16)20(23(19,21)22)14-6-3-2-4-7-14/h2-4,6-9,12,18,21-22H,5,10-11H2,1H3. The Morgan fingerprint density at radius 2 is 1.83 bits per heavy atom. The number of fused-ring (bicyclic) bond motifs is 1. The van der Waals surface area contributed by atoms with Gasteiger partial charge in [0.25, 0.3) is 0 Å². The molecule has 3 N–H and O–H groups in total. The van der Waals surface area contributed by atoms with Crippen LogP contribution in [0.4, 0.5) is 21.5 Å². The molecule has 0 unspecified atom stereocenters. The zero-order valence-electron chi connectivity index (χ0n) is 12.8. The summed E-state index contributed by atoms with van der Waals surface area (Å²) in [5.41, 5.74) is 1.77. The lowest BCUT2D eigenvalue weighted by atomic mass is 10.2. The van der Waals surface area contributed by atoms with Crippen LogP contribution in [-0.4, -0.2) is 29.2 Å². The summed E-state index contributed by atoms with van der Waals surface area (Å²) in [6.07, 6.45) is 0.713. The SMILES string of the molecule is CNCCCN1c2cc(F)ccc2N(c2ccccc2)S1(O)O. The summed E-state index contributed by atoms with van der Waals surface area (Å²) in [5.74, 6) is -0.396. The van der Waals surface area contributed by atoms with Gasteiger partial charge in [0.1, 0.15) is 5.82 Å². The fourth-order valence-electron chi connectivity index (χ4n) is 2.72. The Morgan fingerprint density at radius 3 is 2.52 bits per heavy atom. The molecule has 0 amide bonds. The molecule has 0 saturated heterocycles. The fraction of sp³-hybridized carbons (Fsp3) is 0.250. The maximum Gasteiger partial charge on any atom is 0.125 e. The number of rotatable bonds is 5. The first-order valence-electron chi connectivity index (χ1n) is 7.41. The molecule has 1 aliphatic heterocycles. The molecule has 0 bridgehead atoms. The molecule has 124 valence electrons. The van der Waals surface area contributed by atoms with Gasteiger partial charge in [0.05, 0.1) is 17.1 Å². The van der Waals surface area contributed by atoms with Gasteiger partial charge in [-0.05, 0) is 55.2 Å². The number of hydrogen-bond acceptors (Lipinski definition) is 5. The highest BCUT2D eigenvalue weighted by Gasteiger charge is 2.41. The lowest BCUT2D eigenvalue weighted by molar-refractivity contribution is 0.483. The van der Waals surface area contributed by atoms with E-state index in [1.54, 1.807) is 18.2 Å². The molecule has 1 heterocycles. The van der Waals surface area contributed by atoms with Crippen molar-refractivity contribution in [2.75, 3.05) is 28.7 Å². The van der Waals surface area contributed by atoms with Crippen LogP contribution in [-0.2, 0) is 0 Å². The van der Waals surface area contributed by atoms with Gasteiger partial charge >= 0.3 is 0 Å². The van der Waals surface area contributed by atoms with E-state index in [9.17, 15) is 13.5 Å². The van der Waals surface area contributed by atoms with Gasteiger partial charge in [-0.3, -0.25) is 13.4 Å². The molecule has 23 heavy (non-hydrogen) atoms. The molecule has 3 rings (SSSR count). The van der Waals surface area contributed by atoms with Crippen LogP contribution in [0.5, 0.6) is 0 Å². The summed E-state index contributed by atoms with van der Waals surface area (Å²) in [6, 6.07) is 13.4. The quantitative estimate of drug-likeness (QED) is 0.721. The number of nitrogens with one attached hydrogen (secondary N) is 1. The van der Waals surface area contributed by atoms with Crippen LogP contribution in [0.3, 0.4) is 0 Å². The maximum atomic E-state index is 13.7. The molecule has 0 atom stereocenters. The number of halogens is 1. The number of benzene rings is 2. The van der Waals surface area contributed by atoms with Crippen LogP contribution in [0.1, 0.15) is 6.42 Å². The summed E-state index contributed by atoms with van der Waals surface area (Å²) in [5, 5.41) is 3.03. The highest BCUT2D eigenvalue weighted by Crippen LogP contribution is 2.64. The summed E-state index contributed by atoms with van der Waals surface area (Å²) >= 11 is 0. The summed E-state index contributed by atoms with van der Waals surface area (Å²) in [6.45, 7) is 1.16. The van der Waals surface area contributed by atoms with Gasteiger partial charge in [0.15, 0.2) is 0 Å². The van der Waals surface area contributed by atoms with E-state index >= 15 is 0 Å². The summed E-state index contributed by atoms with van der Waals surface area (Å²) in [4.78, 5) is 0. The Hall–Kier alpha value is -1.80. The highest BCUT2D eigenvalue weighted by atomic mass is 32.3. The van der Waals surface area contributed by atoms with Crippen molar-refractivity contribution in [3.63, 3.8) is 0 Å². The van der Waals surface area contributed by atoms with Crippen LogP contribution < -0.4 is 13.9 Å². The van der Waals surface area contributed by atoms with Crippen LogP contribution in [0, 0.1) is 5.82 Å². The normalized spacial score (nSPS) is 17.2. The third-order valence-electron chi connectivity index (χ3n) is 3.74. The van der Waals surface area contributed by atoms with Crippen molar-refractivity contribution in [1.29, 1.82) is 0 Å². The first-order valence-corrected chi connectivity index (χ1v) is 8.87. The molecule has 0 saturated carbocycles. The van der Waals surface area contributed by atoms with Crippen LogP contribution >= 0.6 is 11.0 Å². The topological polar surface area (TPSA) is 59.0 Å². The average Bonchev–Trinajstić information content (AvgIpc) is 2.75. The van der Waals surface area contributed by atoms with Crippen molar-refractivity contribution < 1.29 is 13.5 Å². The lowest BCUT2D eigenvalue weighted by Crippen LogP contribution is -2.32. The van der Waals surface area contributed by atoms with Crippen molar-refractivity contribution in [1.82, 2.24) is 5.32 Å². The third kappa shape index (κ3) is 2.88. The second kappa shape index (κ2) is 6.37. The molecule has 0 radical (unpaired) electrons. The zero-order valence-corrected chi connectivity index (χ0v) is 13.6. The highest BCUT2D eigenvalue weighted by molar-refractivity contribution is 8.27. The Kier molecular flexibility index (Phi) is 4.45. The second-order valence-electron chi connectivity index (χ2n) is 5.31. The minimum Gasteiger partial charge on any atom is -0.320 e. The number of nitrogens with zero attached hydrogens (tertiary/aromatic N) is 2. The molecular formula is C16H20FN3O2S. The molecule has 1 aliphatic rings. The predicted molar refractivity (Wildman–Crippen MR) is 93.7 cm³/mol. The van der Waals surface area contributed by atoms with E-state index in [0.717, 1.165) is 6.54 Å². The molecule has 2 aromatic carbocycles. The van der Waals surface area contributed by atoms with Gasteiger partial charge in [-0.2, -0.15) is 0 Å². The van der Waals surface area contributed by atoms with Crippen molar-refractivity contribution >= 4 is 28.0 Å². The Labute approximate surface area is 137 Å². The van der Waals surface area contributed by atoms with E-state index in [4.69, 9.17) is 0 Å². The second-order valence-corrected chi connectivity index (χ2v) is 7.10. The summed E-state index contributed by atoms with van der Waals surface area (Å²) < 4.78 is 38.3. The molecule has 2 aromatic rings. The van der Waals surface area contributed by atoms with E-state index in [2.05, 4.69) is 5.32 Å². The van der Waals surface area contributed by atoms with E-state index in [1.165, 1.54) is 20.7 Å². The van der Waals surface area contributed by atoms with Gasteiger partial charge in [-0.15, -0.1) is 0 Å². The molecule has 0 aliphatic carbocycles. The van der Waals surface area contributed by atoms with E-state index in [0.29, 0.717) is 30.0 Å². The summed E-state index contributed by atoms with van der Waals surface area (Å²) in [7, 11) is -1.43. The van der Waals surface area contributed by atoms with Crippen molar-refractivity contribution in [3.05, 3.63) is 54.3 Å². The van der Waals surface area contributed by atoms with E-state index in [1.807, 2.05) is 25.2 Å². The Morgan fingerprint density at radius 1 is 1.09 bits per heavy atom. The van der Waals surface area contributed by atoms with Crippen molar-refractivity contribution in [2.45, 2.75) is 6.42 Å². The zero-order chi connectivity index (χ0) is 16.4. The van der Waals surface area contributed by atoms with Crippen LogP contribution in [0.2, 0.25) is 0 Å². The van der Waals surface area contributed by atoms with Gasteiger partial charge < -0.3 is 5.32 Å². The van der Waals surface area contributed by atoms with Crippen LogP contribution in [0.15, 0.2) is 48.5 Å². The Balaban J connectivity index is 2.05. The average molecular weight is 337 g/mol. The third-order valence-corrected chi connectivity index (χ3v) is 5.61.